The summed E-state index contributed by atoms with van der Waals surface area (Å²) in [6.45, 7) is 0.589. The topological polar surface area (TPSA) is 40.3 Å². The predicted molar refractivity (Wildman–Crippen MR) is 76.1 cm³/mol. The monoisotopic (exact) mass is 292 g/mol. The lowest BCUT2D eigenvalue weighted by Gasteiger charge is -2.16. The Morgan fingerprint density at radius 2 is 1.82 bits per heavy atom. The van der Waals surface area contributed by atoms with E-state index in [0.717, 1.165) is 17.1 Å². The smallest absolute Gasteiger partial charge is 0.175 e. The molecule has 0 saturated carbocycles. The van der Waals surface area contributed by atoms with Gasteiger partial charge in [0.25, 0.3) is 0 Å². The van der Waals surface area contributed by atoms with Crippen molar-refractivity contribution in [2.24, 2.45) is 15.2 Å². The lowest BCUT2D eigenvalue weighted by molar-refractivity contribution is 1.00. The fourth-order valence-corrected chi connectivity index (χ4v) is 1.62. The van der Waals surface area contributed by atoms with Gasteiger partial charge in [-0.05, 0) is 6.07 Å². The Bertz CT molecular complexity index is 470. The van der Waals surface area contributed by atoms with Crippen LogP contribution in [0.15, 0.2) is 51.5 Å². The Balaban J connectivity index is 0.000000853. The van der Waals surface area contributed by atoms with Crippen molar-refractivity contribution < 1.29 is 0 Å². The molecule has 17 heavy (non-hydrogen) atoms. The van der Waals surface area contributed by atoms with Gasteiger partial charge < -0.3 is 4.90 Å². The second-order valence-electron chi connectivity index (χ2n) is 3.14. The van der Waals surface area contributed by atoms with Gasteiger partial charge in [-0.3, -0.25) is 4.99 Å². The van der Waals surface area contributed by atoms with Gasteiger partial charge in [0, 0.05) is 11.8 Å². The van der Waals surface area contributed by atoms with E-state index < -0.39 is 0 Å². The first-order valence-corrected chi connectivity index (χ1v) is 4.42. The zero-order valence-electron chi connectivity index (χ0n) is 8.68. The lowest BCUT2D eigenvalue weighted by atomic mass is 10.2. The highest BCUT2D eigenvalue weighted by molar-refractivity contribution is 5.90. The lowest BCUT2D eigenvalue weighted by Crippen LogP contribution is -2.17. The van der Waals surface area contributed by atoms with E-state index >= 15 is 0 Å². The number of rotatable bonds is 0. The van der Waals surface area contributed by atoms with Crippen molar-refractivity contribution in [3.05, 3.63) is 41.8 Å². The minimum Gasteiger partial charge on any atom is -0.301 e. The zero-order valence-corrected chi connectivity index (χ0v) is 11.1. The number of aliphatic imine (C=N–C) groups is 1. The summed E-state index contributed by atoms with van der Waals surface area (Å²) in [6, 6.07) is 8.10. The van der Waals surface area contributed by atoms with Crippen molar-refractivity contribution >= 4 is 49.1 Å². The van der Waals surface area contributed by atoms with E-state index in [1.807, 2.05) is 29.3 Å². The van der Waals surface area contributed by atoms with Crippen LogP contribution in [0.5, 0.6) is 0 Å². The maximum atomic E-state index is 4.17. The number of benzene rings is 1. The van der Waals surface area contributed by atoms with E-state index in [-0.39, 0.29) is 37.2 Å². The maximum Gasteiger partial charge on any atom is 0.175 e. The number of halogens is 3. The van der Waals surface area contributed by atoms with Crippen LogP contribution in [-0.2, 0) is 0 Å². The Morgan fingerprint density at radius 3 is 2.65 bits per heavy atom. The van der Waals surface area contributed by atoms with Crippen LogP contribution < -0.4 is 4.90 Å². The van der Waals surface area contributed by atoms with Crippen molar-refractivity contribution in [1.82, 2.24) is 0 Å². The van der Waals surface area contributed by atoms with E-state index in [2.05, 4.69) is 21.3 Å². The third kappa shape index (κ3) is 2.77. The number of hydrogen-bond donors (Lipinski definition) is 0. The van der Waals surface area contributed by atoms with Crippen LogP contribution in [0.1, 0.15) is 5.56 Å². The molecule has 0 fully saturated rings. The fraction of sp³-hybridized carbons (Fsp3) is 0.100. The normalized spacial score (nSPS) is 14.4. The standard InChI is InChI=1S/C10H8N4.3ClH/c1-2-4-9-8(3-1)5-11-6-10-13-12-7-14(9)10;;;/h1-6H,7H2;3*1H. The van der Waals surface area contributed by atoms with Gasteiger partial charge in [0.15, 0.2) is 5.82 Å². The molecule has 1 aromatic carbocycles. The molecule has 0 atom stereocenters. The van der Waals surface area contributed by atoms with Crippen LogP contribution in [0, 0.1) is 0 Å². The summed E-state index contributed by atoms with van der Waals surface area (Å²) < 4.78 is 0. The van der Waals surface area contributed by atoms with E-state index in [4.69, 9.17) is 0 Å². The highest BCUT2D eigenvalue weighted by Gasteiger charge is 2.19. The highest BCUT2D eigenvalue weighted by atomic mass is 35.5. The van der Waals surface area contributed by atoms with Gasteiger partial charge in [0.2, 0.25) is 0 Å². The van der Waals surface area contributed by atoms with E-state index in [0.29, 0.717) is 6.67 Å². The molecule has 1 aromatic rings. The fourth-order valence-electron chi connectivity index (χ4n) is 1.62. The van der Waals surface area contributed by atoms with Crippen LogP contribution in [-0.4, -0.2) is 12.9 Å². The minimum absolute atomic E-state index is 0. The second-order valence-corrected chi connectivity index (χ2v) is 3.14. The summed E-state index contributed by atoms with van der Waals surface area (Å²) in [5, 5.41) is 7.99. The molecule has 2 aliphatic heterocycles. The first kappa shape index (κ1) is 15.9. The summed E-state index contributed by atoms with van der Waals surface area (Å²) in [7, 11) is 0. The maximum absolute atomic E-state index is 4.17. The third-order valence-electron chi connectivity index (χ3n) is 2.29. The Labute approximate surface area is 118 Å². The molecule has 3 rings (SSSR count). The molecule has 0 radical (unpaired) electrons. The number of nitrogens with zero attached hydrogens (tertiary/aromatic N) is 4. The largest absolute Gasteiger partial charge is 0.301 e. The molecule has 0 saturated heterocycles. The molecule has 0 bridgehead atoms. The van der Waals surface area contributed by atoms with Crippen LogP contribution in [0.4, 0.5) is 5.69 Å². The first-order valence-electron chi connectivity index (χ1n) is 4.42. The average Bonchev–Trinajstić information content (AvgIpc) is 2.61. The van der Waals surface area contributed by atoms with Crippen molar-refractivity contribution in [3.63, 3.8) is 0 Å². The van der Waals surface area contributed by atoms with Crippen LogP contribution in [0.2, 0.25) is 0 Å². The average molecular weight is 294 g/mol. The minimum atomic E-state index is 0. The number of fused-ring (bicyclic) bond motifs is 3. The molecular weight excluding hydrogens is 282 g/mol. The Kier molecular flexibility index (Phi) is 6.16. The van der Waals surface area contributed by atoms with Crippen molar-refractivity contribution in [3.8, 4) is 0 Å². The van der Waals surface area contributed by atoms with Crippen LogP contribution in [0.25, 0.3) is 0 Å². The first-order chi connectivity index (χ1) is 6.95. The Hall–Kier alpha value is -1.10. The molecule has 2 aliphatic rings. The molecular formula is C10H11Cl3N4. The van der Waals surface area contributed by atoms with Gasteiger partial charge >= 0.3 is 0 Å². The van der Waals surface area contributed by atoms with Gasteiger partial charge in [-0.2, -0.15) is 5.11 Å². The summed E-state index contributed by atoms with van der Waals surface area (Å²) in [5.74, 6) is 0.811. The molecule has 4 nitrogen and oxygen atoms in total. The summed E-state index contributed by atoms with van der Waals surface area (Å²) >= 11 is 0. The van der Waals surface area contributed by atoms with Crippen molar-refractivity contribution in [2.45, 2.75) is 0 Å². The molecule has 7 heteroatoms. The number of hydrogen-bond acceptors (Lipinski definition) is 4. The predicted octanol–water partition coefficient (Wildman–Crippen LogP) is 3.41. The summed E-state index contributed by atoms with van der Waals surface area (Å²) in [4.78, 5) is 6.22. The van der Waals surface area contributed by atoms with Gasteiger partial charge in [-0.1, -0.05) is 18.2 Å². The van der Waals surface area contributed by atoms with Crippen LogP contribution in [0.3, 0.4) is 0 Å². The molecule has 0 amide bonds. The van der Waals surface area contributed by atoms with E-state index in [9.17, 15) is 0 Å². The molecule has 0 unspecified atom stereocenters. The molecule has 0 N–H and O–H groups in total. The van der Waals surface area contributed by atoms with Crippen LogP contribution >= 0.6 is 37.2 Å². The van der Waals surface area contributed by atoms with E-state index in [1.54, 1.807) is 6.20 Å². The van der Waals surface area contributed by atoms with E-state index in [1.165, 1.54) is 0 Å². The molecule has 0 aliphatic carbocycles. The SMILES string of the molecule is C1=NC=C2N=NCN2c2ccccc21.Cl.Cl.Cl. The summed E-state index contributed by atoms with van der Waals surface area (Å²) in [6.07, 6.45) is 3.58. The summed E-state index contributed by atoms with van der Waals surface area (Å²) in [5.41, 5.74) is 2.22. The quantitative estimate of drug-likeness (QED) is 0.722. The van der Waals surface area contributed by atoms with Crippen molar-refractivity contribution in [2.75, 3.05) is 11.6 Å². The third-order valence-corrected chi connectivity index (χ3v) is 2.29. The van der Waals surface area contributed by atoms with Crippen molar-refractivity contribution in [1.29, 1.82) is 0 Å². The van der Waals surface area contributed by atoms with Gasteiger partial charge in [0.1, 0.15) is 6.67 Å². The number of anilines is 1. The number of azo groups is 1. The molecule has 0 aromatic heterocycles. The van der Waals surface area contributed by atoms with Gasteiger partial charge in [0.05, 0.1) is 11.9 Å². The zero-order chi connectivity index (χ0) is 9.38. The molecule has 2 heterocycles. The molecule has 92 valence electrons. The van der Waals surface area contributed by atoms with Gasteiger partial charge in [-0.25, -0.2) is 0 Å². The molecule has 0 spiro atoms. The number of para-hydroxylation sites is 1. The second kappa shape index (κ2) is 6.59. The Morgan fingerprint density at radius 1 is 1.06 bits per heavy atom. The van der Waals surface area contributed by atoms with Gasteiger partial charge in [-0.15, -0.1) is 42.3 Å². The highest BCUT2D eigenvalue weighted by Crippen LogP contribution is 2.28.